The molecule has 0 saturated heterocycles. The second-order valence-electron chi connectivity index (χ2n) is 5.84. The van der Waals surface area contributed by atoms with Crippen LogP contribution in [0.5, 0.6) is 0 Å². The Morgan fingerprint density at radius 3 is 2.74 bits per heavy atom. The smallest absolute Gasteiger partial charge is 0.336 e. The van der Waals surface area contributed by atoms with Crippen LogP contribution in [-0.2, 0) is 0 Å². The molecule has 0 aliphatic heterocycles. The molecule has 1 aromatic rings. The van der Waals surface area contributed by atoms with Gasteiger partial charge in [-0.3, -0.25) is 0 Å². The molecular weight excluding hydrogens is 313 g/mol. The fourth-order valence-electron chi connectivity index (χ4n) is 2.61. The van der Waals surface area contributed by atoms with Crippen molar-refractivity contribution in [2.24, 2.45) is 5.41 Å². The number of carbonyl (C=O) groups is 1. The van der Waals surface area contributed by atoms with Gasteiger partial charge >= 0.3 is 5.97 Å². The molecule has 1 aliphatic rings. The molecule has 1 unspecified atom stereocenters. The van der Waals surface area contributed by atoms with Crippen LogP contribution in [0.3, 0.4) is 0 Å². The summed E-state index contributed by atoms with van der Waals surface area (Å²) in [4.78, 5) is 10.9. The molecule has 2 N–H and O–H groups in total. The molecule has 1 aromatic carbocycles. The molecule has 0 heterocycles. The molecule has 3 nitrogen and oxygen atoms in total. The molecular formula is C14H17BrFNO2. The van der Waals surface area contributed by atoms with Gasteiger partial charge < -0.3 is 10.4 Å². The number of aromatic carboxylic acids is 1. The Morgan fingerprint density at radius 1 is 1.53 bits per heavy atom. The molecule has 2 rings (SSSR count). The number of anilines is 1. The average Bonchev–Trinajstić information content (AvgIpc) is 2.64. The molecule has 0 radical (unpaired) electrons. The van der Waals surface area contributed by atoms with E-state index in [4.69, 9.17) is 5.11 Å². The molecule has 1 atom stereocenters. The van der Waals surface area contributed by atoms with Crippen molar-refractivity contribution in [3.63, 3.8) is 0 Å². The molecule has 0 spiro atoms. The van der Waals surface area contributed by atoms with Crippen molar-refractivity contribution in [1.82, 2.24) is 0 Å². The highest BCUT2D eigenvalue weighted by atomic mass is 79.9. The minimum Gasteiger partial charge on any atom is -0.478 e. The fraction of sp³-hybridized carbons (Fsp3) is 0.500. The lowest BCUT2D eigenvalue weighted by atomic mass is 9.92. The summed E-state index contributed by atoms with van der Waals surface area (Å²) >= 11 is 3.01. The van der Waals surface area contributed by atoms with Crippen LogP contribution in [0.1, 0.15) is 43.5 Å². The van der Waals surface area contributed by atoms with Crippen LogP contribution in [0.15, 0.2) is 16.6 Å². The lowest BCUT2D eigenvalue weighted by Gasteiger charge is -2.19. The number of carboxylic acids is 1. The third-order valence-electron chi connectivity index (χ3n) is 3.64. The maximum absolute atomic E-state index is 14.1. The molecule has 1 fully saturated rings. The highest BCUT2D eigenvalue weighted by molar-refractivity contribution is 9.10. The quantitative estimate of drug-likeness (QED) is 0.870. The molecule has 0 aromatic heterocycles. The van der Waals surface area contributed by atoms with E-state index >= 15 is 0 Å². The van der Waals surface area contributed by atoms with Gasteiger partial charge in [-0.1, -0.05) is 13.8 Å². The van der Waals surface area contributed by atoms with E-state index in [-0.39, 0.29) is 21.5 Å². The van der Waals surface area contributed by atoms with Gasteiger partial charge in [-0.2, -0.15) is 0 Å². The van der Waals surface area contributed by atoms with Crippen molar-refractivity contribution in [2.75, 3.05) is 5.32 Å². The summed E-state index contributed by atoms with van der Waals surface area (Å²) in [6.45, 7) is 4.41. The first-order valence-electron chi connectivity index (χ1n) is 6.28. The molecule has 0 bridgehead atoms. The summed E-state index contributed by atoms with van der Waals surface area (Å²) in [5.74, 6) is -1.68. The van der Waals surface area contributed by atoms with E-state index < -0.39 is 11.8 Å². The van der Waals surface area contributed by atoms with Crippen LogP contribution in [0, 0.1) is 11.2 Å². The summed E-state index contributed by atoms with van der Waals surface area (Å²) in [6, 6.07) is 3.15. The zero-order valence-corrected chi connectivity index (χ0v) is 12.6. The molecule has 0 amide bonds. The van der Waals surface area contributed by atoms with Crippen molar-refractivity contribution in [2.45, 2.75) is 39.2 Å². The fourth-order valence-corrected chi connectivity index (χ4v) is 3.12. The summed E-state index contributed by atoms with van der Waals surface area (Å²) in [7, 11) is 0. The molecule has 5 heteroatoms. The van der Waals surface area contributed by atoms with E-state index in [0.717, 1.165) is 19.3 Å². The van der Waals surface area contributed by atoms with Crippen LogP contribution >= 0.6 is 15.9 Å². The standard InChI is InChI=1S/C14H17BrFNO2/c1-14(2)6-5-8(7-14)17-10-4-3-9(13(18)19)11(15)12(10)16/h3-4,8,17H,5-7H2,1-2H3,(H,18,19). The van der Waals surface area contributed by atoms with Gasteiger partial charge in [0.15, 0.2) is 5.82 Å². The first-order chi connectivity index (χ1) is 8.80. The van der Waals surface area contributed by atoms with E-state index in [1.807, 2.05) is 0 Å². The van der Waals surface area contributed by atoms with E-state index in [0.29, 0.717) is 5.69 Å². The van der Waals surface area contributed by atoms with E-state index in [1.165, 1.54) is 12.1 Å². The van der Waals surface area contributed by atoms with Crippen molar-refractivity contribution >= 4 is 27.6 Å². The van der Waals surface area contributed by atoms with Crippen molar-refractivity contribution < 1.29 is 14.3 Å². The van der Waals surface area contributed by atoms with Gasteiger partial charge in [-0.25, -0.2) is 9.18 Å². The van der Waals surface area contributed by atoms with Crippen LogP contribution < -0.4 is 5.32 Å². The largest absolute Gasteiger partial charge is 0.478 e. The van der Waals surface area contributed by atoms with Crippen LogP contribution in [-0.4, -0.2) is 17.1 Å². The first kappa shape index (κ1) is 14.3. The first-order valence-corrected chi connectivity index (χ1v) is 7.07. The zero-order valence-electron chi connectivity index (χ0n) is 11.0. The predicted molar refractivity (Wildman–Crippen MR) is 76.1 cm³/mol. The topological polar surface area (TPSA) is 49.3 Å². The maximum Gasteiger partial charge on any atom is 0.336 e. The van der Waals surface area contributed by atoms with E-state index in [1.54, 1.807) is 0 Å². The number of hydrogen-bond donors (Lipinski definition) is 2. The number of rotatable bonds is 3. The lowest BCUT2D eigenvalue weighted by molar-refractivity contribution is 0.0695. The Hall–Kier alpha value is -1.10. The average molecular weight is 330 g/mol. The number of benzene rings is 1. The van der Waals surface area contributed by atoms with Gasteiger partial charge in [0.25, 0.3) is 0 Å². The second kappa shape index (κ2) is 5.12. The van der Waals surface area contributed by atoms with Gasteiger partial charge in [0.05, 0.1) is 15.7 Å². The Labute approximate surface area is 120 Å². The maximum atomic E-state index is 14.1. The van der Waals surface area contributed by atoms with E-state index in [2.05, 4.69) is 35.1 Å². The number of hydrogen-bond acceptors (Lipinski definition) is 2. The van der Waals surface area contributed by atoms with Crippen LogP contribution in [0.2, 0.25) is 0 Å². The lowest BCUT2D eigenvalue weighted by Crippen LogP contribution is -2.18. The SMILES string of the molecule is CC1(C)CCC(Nc2ccc(C(=O)O)c(Br)c2F)C1. The van der Waals surface area contributed by atoms with Gasteiger partial charge in [0.1, 0.15) is 0 Å². The predicted octanol–water partition coefficient (Wildman–Crippen LogP) is 4.28. The number of halogens is 2. The zero-order chi connectivity index (χ0) is 14.2. The summed E-state index contributed by atoms with van der Waals surface area (Å²) in [6.07, 6.45) is 3.11. The molecule has 1 saturated carbocycles. The Balaban J connectivity index is 2.18. The van der Waals surface area contributed by atoms with E-state index in [9.17, 15) is 9.18 Å². The van der Waals surface area contributed by atoms with Crippen molar-refractivity contribution in [3.8, 4) is 0 Å². The molecule has 19 heavy (non-hydrogen) atoms. The Kier molecular flexibility index (Phi) is 3.85. The minimum atomic E-state index is -1.14. The monoisotopic (exact) mass is 329 g/mol. The van der Waals surface area contributed by atoms with Gasteiger partial charge in [0, 0.05) is 6.04 Å². The van der Waals surface area contributed by atoms with Gasteiger partial charge in [0.2, 0.25) is 0 Å². The normalized spacial score (nSPS) is 21.4. The highest BCUT2D eigenvalue weighted by Gasteiger charge is 2.31. The van der Waals surface area contributed by atoms with Gasteiger partial charge in [-0.15, -0.1) is 0 Å². The molecule has 104 valence electrons. The van der Waals surface area contributed by atoms with Crippen LogP contribution in [0.25, 0.3) is 0 Å². The Bertz CT molecular complexity index is 516. The second-order valence-corrected chi connectivity index (χ2v) is 6.64. The summed E-state index contributed by atoms with van der Waals surface area (Å²) in [5, 5.41) is 12.1. The third kappa shape index (κ3) is 3.08. The number of carboxylic acid groups (broad SMARTS) is 1. The third-order valence-corrected chi connectivity index (χ3v) is 4.42. The summed E-state index contributed by atoms with van der Waals surface area (Å²) in [5.41, 5.74) is 0.584. The molecule has 1 aliphatic carbocycles. The minimum absolute atomic E-state index is 0.00209. The highest BCUT2D eigenvalue weighted by Crippen LogP contribution is 2.39. The van der Waals surface area contributed by atoms with Crippen LogP contribution in [0.4, 0.5) is 10.1 Å². The Morgan fingerprint density at radius 2 is 2.21 bits per heavy atom. The van der Waals surface area contributed by atoms with Gasteiger partial charge in [-0.05, 0) is 52.7 Å². The van der Waals surface area contributed by atoms with Crippen molar-refractivity contribution in [1.29, 1.82) is 0 Å². The number of nitrogens with one attached hydrogen (secondary N) is 1. The van der Waals surface area contributed by atoms with Crippen molar-refractivity contribution in [3.05, 3.63) is 28.0 Å². The summed E-state index contributed by atoms with van der Waals surface area (Å²) < 4.78 is 14.1.